The number of nitrogens with zero attached hydrogens (tertiary/aromatic N) is 1. The summed E-state index contributed by atoms with van der Waals surface area (Å²) in [6, 6.07) is 14.2. The lowest BCUT2D eigenvalue weighted by molar-refractivity contribution is -0.143. The molecule has 0 bridgehead atoms. The molecule has 0 radical (unpaired) electrons. The molecule has 0 saturated carbocycles. The SMILES string of the molecule is CC[C@@H](C(=O)NC(C)C)N(Cc1ccc(Cl)cc1)C(=O)COc1ccc(C)cc1. The second-order valence-electron chi connectivity index (χ2n) is 7.34. The molecule has 0 aliphatic carbocycles. The van der Waals surface area contributed by atoms with Crippen molar-refractivity contribution in [1.82, 2.24) is 10.2 Å². The van der Waals surface area contributed by atoms with E-state index in [0.717, 1.165) is 11.1 Å². The van der Waals surface area contributed by atoms with E-state index in [0.29, 0.717) is 23.7 Å². The van der Waals surface area contributed by atoms with Crippen LogP contribution in [0.25, 0.3) is 0 Å². The smallest absolute Gasteiger partial charge is 0.261 e. The fourth-order valence-electron chi connectivity index (χ4n) is 2.95. The molecule has 0 unspecified atom stereocenters. The zero-order valence-electron chi connectivity index (χ0n) is 17.4. The van der Waals surface area contributed by atoms with Gasteiger partial charge in [-0.1, -0.05) is 48.4 Å². The Balaban J connectivity index is 2.18. The van der Waals surface area contributed by atoms with Gasteiger partial charge in [-0.2, -0.15) is 0 Å². The molecule has 0 fully saturated rings. The standard InChI is InChI=1S/C23H29ClN2O3/c1-5-21(23(28)25-16(2)3)26(14-18-8-10-19(24)11-9-18)22(27)15-29-20-12-6-17(4)7-13-20/h6-13,16,21H,5,14-15H2,1-4H3,(H,25,28)/t21-/m0/s1. The lowest BCUT2D eigenvalue weighted by Gasteiger charge is -2.31. The summed E-state index contributed by atoms with van der Waals surface area (Å²) >= 11 is 5.97. The van der Waals surface area contributed by atoms with Gasteiger partial charge in [-0.15, -0.1) is 0 Å². The number of amides is 2. The highest BCUT2D eigenvalue weighted by Crippen LogP contribution is 2.17. The van der Waals surface area contributed by atoms with Crippen molar-refractivity contribution in [2.45, 2.75) is 52.7 Å². The Morgan fingerprint density at radius 3 is 2.24 bits per heavy atom. The third kappa shape index (κ3) is 7.09. The number of rotatable bonds is 9. The van der Waals surface area contributed by atoms with Gasteiger partial charge in [-0.05, 0) is 57.0 Å². The van der Waals surface area contributed by atoms with Crippen molar-refractivity contribution in [2.75, 3.05) is 6.61 Å². The third-order valence-corrected chi connectivity index (χ3v) is 4.72. The number of carbonyl (C=O) groups is 2. The molecule has 5 nitrogen and oxygen atoms in total. The van der Waals surface area contributed by atoms with Crippen LogP contribution in [0.3, 0.4) is 0 Å². The van der Waals surface area contributed by atoms with E-state index in [2.05, 4.69) is 5.32 Å². The number of halogens is 1. The molecule has 2 aromatic rings. The lowest BCUT2D eigenvalue weighted by atomic mass is 10.1. The molecule has 1 N–H and O–H groups in total. The summed E-state index contributed by atoms with van der Waals surface area (Å²) in [5.41, 5.74) is 2.01. The van der Waals surface area contributed by atoms with Crippen molar-refractivity contribution in [2.24, 2.45) is 0 Å². The Morgan fingerprint density at radius 1 is 1.07 bits per heavy atom. The minimum Gasteiger partial charge on any atom is -0.484 e. The minimum atomic E-state index is -0.581. The van der Waals surface area contributed by atoms with Crippen LogP contribution in [0.2, 0.25) is 5.02 Å². The summed E-state index contributed by atoms with van der Waals surface area (Å²) in [5.74, 6) is 0.210. The second-order valence-corrected chi connectivity index (χ2v) is 7.77. The largest absolute Gasteiger partial charge is 0.484 e. The van der Waals surface area contributed by atoms with Gasteiger partial charge in [-0.25, -0.2) is 0 Å². The van der Waals surface area contributed by atoms with E-state index >= 15 is 0 Å². The number of ether oxygens (including phenoxy) is 1. The van der Waals surface area contributed by atoms with Crippen LogP contribution in [0, 0.1) is 6.92 Å². The van der Waals surface area contributed by atoms with Crippen molar-refractivity contribution in [3.8, 4) is 5.75 Å². The van der Waals surface area contributed by atoms with Gasteiger partial charge < -0.3 is 15.0 Å². The first-order chi connectivity index (χ1) is 13.8. The van der Waals surface area contributed by atoms with Gasteiger partial charge in [0.05, 0.1) is 0 Å². The predicted octanol–water partition coefficient (Wildman–Crippen LogP) is 4.36. The normalized spacial score (nSPS) is 11.8. The summed E-state index contributed by atoms with van der Waals surface area (Å²) in [7, 11) is 0. The van der Waals surface area contributed by atoms with E-state index in [1.54, 1.807) is 17.0 Å². The molecule has 2 amide bonds. The zero-order chi connectivity index (χ0) is 21.4. The van der Waals surface area contributed by atoms with E-state index in [4.69, 9.17) is 16.3 Å². The first-order valence-corrected chi connectivity index (χ1v) is 10.2. The summed E-state index contributed by atoms with van der Waals surface area (Å²) < 4.78 is 5.67. The van der Waals surface area contributed by atoms with E-state index in [1.165, 1.54) is 0 Å². The van der Waals surface area contributed by atoms with Crippen molar-refractivity contribution >= 4 is 23.4 Å². The van der Waals surface area contributed by atoms with Crippen LogP contribution < -0.4 is 10.1 Å². The molecule has 0 saturated heterocycles. The van der Waals surface area contributed by atoms with Crippen molar-refractivity contribution in [3.63, 3.8) is 0 Å². The van der Waals surface area contributed by atoms with Gasteiger partial charge in [-0.3, -0.25) is 9.59 Å². The van der Waals surface area contributed by atoms with Crippen LogP contribution >= 0.6 is 11.6 Å². The van der Waals surface area contributed by atoms with Gasteiger partial charge in [0.2, 0.25) is 5.91 Å². The molecule has 0 aliphatic rings. The molecule has 2 aromatic carbocycles. The molecule has 0 aromatic heterocycles. The fraction of sp³-hybridized carbons (Fsp3) is 0.391. The van der Waals surface area contributed by atoms with Crippen LogP contribution in [0.1, 0.15) is 38.3 Å². The van der Waals surface area contributed by atoms with Gasteiger partial charge in [0.1, 0.15) is 11.8 Å². The van der Waals surface area contributed by atoms with E-state index in [-0.39, 0.29) is 24.5 Å². The van der Waals surface area contributed by atoms with Crippen LogP contribution in [-0.2, 0) is 16.1 Å². The summed E-state index contributed by atoms with van der Waals surface area (Å²) in [6.07, 6.45) is 0.502. The summed E-state index contributed by atoms with van der Waals surface area (Å²) in [6.45, 7) is 7.85. The number of hydrogen-bond donors (Lipinski definition) is 1. The highest BCUT2D eigenvalue weighted by molar-refractivity contribution is 6.30. The maximum absolute atomic E-state index is 13.0. The number of carbonyl (C=O) groups excluding carboxylic acids is 2. The topological polar surface area (TPSA) is 58.6 Å². The Morgan fingerprint density at radius 2 is 1.69 bits per heavy atom. The molecule has 0 aliphatic heterocycles. The fourth-order valence-corrected chi connectivity index (χ4v) is 3.08. The minimum absolute atomic E-state index is 0.00663. The monoisotopic (exact) mass is 416 g/mol. The van der Waals surface area contributed by atoms with Crippen LogP contribution in [0.15, 0.2) is 48.5 Å². The van der Waals surface area contributed by atoms with E-state index in [9.17, 15) is 9.59 Å². The molecule has 2 rings (SSSR count). The van der Waals surface area contributed by atoms with Crippen molar-refractivity contribution in [3.05, 3.63) is 64.7 Å². The lowest BCUT2D eigenvalue weighted by Crippen LogP contribution is -2.51. The maximum atomic E-state index is 13.0. The highest BCUT2D eigenvalue weighted by atomic mass is 35.5. The van der Waals surface area contributed by atoms with Crippen molar-refractivity contribution < 1.29 is 14.3 Å². The zero-order valence-corrected chi connectivity index (χ0v) is 18.2. The average molecular weight is 417 g/mol. The van der Waals surface area contributed by atoms with Crippen LogP contribution in [0.4, 0.5) is 0 Å². The number of aryl methyl sites for hydroxylation is 1. The quantitative estimate of drug-likeness (QED) is 0.660. The van der Waals surface area contributed by atoms with Crippen LogP contribution in [0.5, 0.6) is 5.75 Å². The molecule has 156 valence electrons. The third-order valence-electron chi connectivity index (χ3n) is 4.47. The van der Waals surface area contributed by atoms with Gasteiger partial charge >= 0.3 is 0 Å². The first-order valence-electron chi connectivity index (χ1n) is 9.84. The van der Waals surface area contributed by atoms with Crippen molar-refractivity contribution in [1.29, 1.82) is 0 Å². The molecular formula is C23H29ClN2O3. The van der Waals surface area contributed by atoms with Gasteiger partial charge in [0.25, 0.3) is 5.91 Å². The van der Waals surface area contributed by atoms with Gasteiger partial charge in [0.15, 0.2) is 6.61 Å². The molecule has 0 heterocycles. The summed E-state index contributed by atoms with van der Waals surface area (Å²) in [5, 5.41) is 3.53. The van der Waals surface area contributed by atoms with Crippen LogP contribution in [-0.4, -0.2) is 35.4 Å². The maximum Gasteiger partial charge on any atom is 0.261 e. The number of hydrogen-bond acceptors (Lipinski definition) is 3. The van der Waals surface area contributed by atoms with Gasteiger partial charge in [0, 0.05) is 17.6 Å². The molecule has 1 atom stereocenters. The first kappa shape index (κ1) is 22.8. The predicted molar refractivity (Wildman–Crippen MR) is 116 cm³/mol. The Hall–Kier alpha value is -2.53. The average Bonchev–Trinajstić information content (AvgIpc) is 2.68. The Kier molecular flexibility index (Phi) is 8.52. The molecular weight excluding hydrogens is 388 g/mol. The Labute approximate surface area is 178 Å². The molecule has 0 spiro atoms. The summed E-state index contributed by atoms with van der Waals surface area (Å²) in [4.78, 5) is 27.3. The second kappa shape index (κ2) is 10.9. The Bertz CT molecular complexity index is 804. The number of benzene rings is 2. The molecule has 29 heavy (non-hydrogen) atoms. The van der Waals surface area contributed by atoms with E-state index < -0.39 is 6.04 Å². The highest BCUT2D eigenvalue weighted by Gasteiger charge is 2.29. The number of nitrogens with one attached hydrogen (secondary N) is 1. The molecule has 6 heteroatoms. The van der Waals surface area contributed by atoms with E-state index in [1.807, 2.05) is 64.1 Å².